The largest absolute Gasteiger partial charge is 0.384 e. The number of thiazole rings is 1. The highest BCUT2D eigenvalue weighted by molar-refractivity contribution is 7.11. The van der Waals surface area contributed by atoms with Crippen molar-refractivity contribution >= 4 is 11.3 Å². The van der Waals surface area contributed by atoms with Crippen LogP contribution in [0.2, 0.25) is 0 Å². The quantitative estimate of drug-likeness (QED) is 0.748. The van der Waals surface area contributed by atoms with E-state index in [1.807, 2.05) is 11.3 Å². The van der Waals surface area contributed by atoms with Gasteiger partial charge in [0, 0.05) is 31.0 Å². The molecule has 0 saturated carbocycles. The van der Waals surface area contributed by atoms with Gasteiger partial charge in [-0.1, -0.05) is 20.3 Å². The van der Waals surface area contributed by atoms with Crippen LogP contribution in [0.3, 0.4) is 0 Å². The Morgan fingerprint density at radius 3 is 2.72 bits per heavy atom. The summed E-state index contributed by atoms with van der Waals surface area (Å²) < 4.78 is 5.12. The van der Waals surface area contributed by atoms with Gasteiger partial charge in [-0.15, -0.1) is 11.3 Å². The number of nitrogens with zero attached hydrogens (tertiary/aromatic N) is 1. The molecule has 0 radical (unpaired) electrons. The molecular formula is C14H26N2OS. The first-order valence-electron chi connectivity index (χ1n) is 6.91. The number of aryl methyl sites for hydroxylation is 1. The molecule has 0 spiro atoms. The van der Waals surface area contributed by atoms with Gasteiger partial charge in [-0.05, 0) is 19.8 Å². The van der Waals surface area contributed by atoms with E-state index in [-0.39, 0.29) is 0 Å². The molecule has 1 aromatic heterocycles. The lowest BCUT2D eigenvalue weighted by atomic mass is 10.2. The van der Waals surface area contributed by atoms with E-state index in [0.29, 0.717) is 6.04 Å². The molecule has 1 N–H and O–H groups in total. The molecule has 0 aliphatic heterocycles. The minimum absolute atomic E-state index is 0.573. The second-order valence-electron chi connectivity index (χ2n) is 4.66. The minimum Gasteiger partial charge on any atom is -0.384 e. The van der Waals surface area contributed by atoms with Crippen LogP contribution < -0.4 is 5.32 Å². The van der Waals surface area contributed by atoms with E-state index in [0.717, 1.165) is 32.4 Å². The van der Waals surface area contributed by atoms with Gasteiger partial charge in [0.05, 0.1) is 17.3 Å². The molecule has 0 fully saturated rings. The summed E-state index contributed by atoms with van der Waals surface area (Å²) in [4.78, 5) is 6.15. The summed E-state index contributed by atoms with van der Waals surface area (Å²) in [5.74, 6) is 0. The molecule has 4 heteroatoms. The molecule has 18 heavy (non-hydrogen) atoms. The molecule has 1 unspecified atom stereocenters. The fraction of sp³-hybridized carbons (Fsp3) is 0.786. The van der Waals surface area contributed by atoms with Crippen molar-refractivity contribution in [3.63, 3.8) is 0 Å². The lowest BCUT2D eigenvalue weighted by molar-refractivity contribution is 0.202. The van der Waals surface area contributed by atoms with E-state index in [1.54, 1.807) is 7.11 Å². The molecule has 1 atom stereocenters. The Hall–Kier alpha value is -0.450. The van der Waals surface area contributed by atoms with Gasteiger partial charge < -0.3 is 10.1 Å². The summed E-state index contributed by atoms with van der Waals surface area (Å²) in [7, 11) is 1.74. The Morgan fingerprint density at radius 1 is 1.33 bits per heavy atom. The lowest BCUT2D eigenvalue weighted by Crippen LogP contribution is -2.24. The maximum absolute atomic E-state index is 5.12. The Balaban J connectivity index is 2.64. The Labute approximate surface area is 115 Å². The van der Waals surface area contributed by atoms with Crippen LogP contribution in [0.4, 0.5) is 0 Å². The maximum Gasteiger partial charge on any atom is 0.0954 e. The number of aromatic nitrogens is 1. The van der Waals surface area contributed by atoms with Gasteiger partial charge in [0.2, 0.25) is 0 Å². The van der Waals surface area contributed by atoms with Gasteiger partial charge in [0.25, 0.3) is 0 Å². The van der Waals surface area contributed by atoms with Crippen molar-refractivity contribution < 1.29 is 4.74 Å². The first-order valence-corrected chi connectivity index (χ1v) is 7.72. The third-order valence-corrected chi connectivity index (χ3v) is 4.21. The van der Waals surface area contributed by atoms with Crippen LogP contribution >= 0.6 is 11.3 Å². The topological polar surface area (TPSA) is 34.1 Å². The van der Waals surface area contributed by atoms with E-state index in [2.05, 4.69) is 26.1 Å². The summed E-state index contributed by atoms with van der Waals surface area (Å²) in [6.45, 7) is 8.36. The van der Waals surface area contributed by atoms with Crippen LogP contribution in [0.15, 0.2) is 0 Å². The van der Waals surface area contributed by atoms with Gasteiger partial charge >= 0.3 is 0 Å². The van der Waals surface area contributed by atoms with Crippen molar-refractivity contribution in [1.29, 1.82) is 0 Å². The fourth-order valence-corrected chi connectivity index (χ4v) is 2.76. The van der Waals surface area contributed by atoms with Crippen molar-refractivity contribution in [2.24, 2.45) is 0 Å². The second-order valence-corrected chi connectivity index (χ2v) is 5.83. The van der Waals surface area contributed by atoms with E-state index < -0.39 is 0 Å². The molecule has 3 nitrogen and oxygen atoms in total. The molecule has 0 aliphatic rings. The summed E-state index contributed by atoms with van der Waals surface area (Å²) in [6, 6.07) is 0.573. The summed E-state index contributed by atoms with van der Waals surface area (Å²) in [5.41, 5.74) is 1.28. The molecule has 0 aliphatic carbocycles. The van der Waals surface area contributed by atoms with Crippen molar-refractivity contribution in [3.8, 4) is 0 Å². The van der Waals surface area contributed by atoms with Crippen LogP contribution in [-0.2, 0) is 24.1 Å². The van der Waals surface area contributed by atoms with Crippen LogP contribution in [0.5, 0.6) is 0 Å². The van der Waals surface area contributed by atoms with E-state index in [1.165, 1.54) is 22.0 Å². The van der Waals surface area contributed by atoms with Crippen molar-refractivity contribution in [2.45, 2.75) is 59.0 Å². The average molecular weight is 270 g/mol. The van der Waals surface area contributed by atoms with Crippen molar-refractivity contribution in [1.82, 2.24) is 10.3 Å². The van der Waals surface area contributed by atoms with Crippen molar-refractivity contribution in [3.05, 3.63) is 15.6 Å². The summed E-state index contributed by atoms with van der Waals surface area (Å²) in [6.07, 6.45) is 4.34. The lowest BCUT2D eigenvalue weighted by Gasteiger charge is -2.10. The van der Waals surface area contributed by atoms with E-state index >= 15 is 0 Å². The summed E-state index contributed by atoms with van der Waals surface area (Å²) in [5, 5.41) is 4.77. The van der Waals surface area contributed by atoms with Crippen LogP contribution in [0.1, 0.15) is 49.2 Å². The number of nitrogens with one attached hydrogen (secondary N) is 1. The molecule has 0 bridgehead atoms. The van der Waals surface area contributed by atoms with Gasteiger partial charge in [-0.3, -0.25) is 0 Å². The summed E-state index contributed by atoms with van der Waals surface area (Å²) >= 11 is 1.84. The zero-order valence-electron chi connectivity index (χ0n) is 12.1. The van der Waals surface area contributed by atoms with Crippen molar-refractivity contribution in [2.75, 3.05) is 13.7 Å². The van der Waals surface area contributed by atoms with Gasteiger partial charge in [-0.2, -0.15) is 0 Å². The van der Waals surface area contributed by atoms with Gasteiger partial charge in [0.15, 0.2) is 0 Å². The molecular weight excluding hydrogens is 244 g/mol. The zero-order chi connectivity index (χ0) is 13.4. The first kappa shape index (κ1) is 15.6. The molecule has 0 aromatic carbocycles. The molecule has 1 rings (SSSR count). The van der Waals surface area contributed by atoms with Gasteiger partial charge in [0.1, 0.15) is 0 Å². The van der Waals surface area contributed by atoms with Gasteiger partial charge in [-0.25, -0.2) is 4.98 Å². The number of hydrogen-bond acceptors (Lipinski definition) is 4. The molecule has 1 aromatic rings. The molecule has 0 amide bonds. The van der Waals surface area contributed by atoms with E-state index in [9.17, 15) is 0 Å². The average Bonchev–Trinajstić information content (AvgIpc) is 2.76. The standard InChI is InChI=1S/C14H26N2OS/c1-5-7-12-13(10-15-11(3)6-2)18-14(16-12)8-9-17-4/h11,15H,5-10H2,1-4H3. The third-order valence-electron chi connectivity index (χ3n) is 3.05. The number of rotatable bonds is 9. The van der Waals surface area contributed by atoms with Crippen LogP contribution in [0, 0.1) is 0 Å². The second kappa shape index (κ2) is 8.62. The zero-order valence-corrected chi connectivity index (χ0v) is 12.9. The first-order chi connectivity index (χ1) is 8.71. The predicted octanol–water partition coefficient (Wildman–Crippen LogP) is 3.17. The van der Waals surface area contributed by atoms with E-state index in [4.69, 9.17) is 9.72 Å². The third kappa shape index (κ3) is 5.04. The van der Waals surface area contributed by atoms with Crippen LogP contribution in [0.25, 0.3) is 0 Å². The highest BCUT2D eigenvalue weighted by Gasteiger charge is 2.11. The highest BCUT2D eigenvalue weighted by atomic mass is 32.1. The predicted molar refractivity (Wildman–Crippen MR) is 78.3 cm³/mol. The molecule has 1 heterocycles. The highest BCUT2D eigenvalue weighted by Crippen LogP contribution is 2.21. The Bertz CT molecular complexity index is 339. The fourth-order valence-electron chi connectivity index (χ4n) is 1.71. The SMILES string of the molecule is CCCc1nc(CCOC)sc1CNC(C)CC. The number of methoxy groups -OCH3 is 1. The number of ether oxygens (including phenoxy) is 1. The minimum atomic E-state index is 0.573. The maximum atomic E-state index is 5.12. The molecule has 104 valence electrons. The monoisotopic (exact) mass is 270 g/mol. The smallest absolute Gasteiger partial charge is 0.0954 e. The molecule has 0 saturated heterocycles. The van der Waals surface area contributed by atoms with Crippen LogP contribution in [-0.4, -0.2) is 24.7 Å². The normalized spacial score (nSPS) is 12.9. The Morgan fingerprint density at radius 2 is 2.11 bits per heavy atom. The number of hydrogen-bond donors (Lipinski definition) is 1. The Kier molecular flexibility index (Phi) is 7.47.